The summed E-state index contributed by atoms with van der Waals surface area (Å²) in [6, 6.07) is 5.15. The molecule has 1 aromatic carbocycles. The highest BCUT2D eigenvalue weighted by atomic mass is 16.5. The van der Waals surface area contributed by atoms with Crippen LogP contribution in [0.15, 0.2) is 18.2 Å². The van der Waals surface area contributed by atoms with E-state index in [1.165, 1.54) is 11.8 Å². The minimum absolute atomic E-state index is 0.213. The Balaban J connectivity index is 2.64. The maximum atomic E-state index is 11.3. The van der Waals surface area contributed by atoms with Crippen molar-refractivity contribution in [1.29, 1.82) is 0 Å². The maximum absolute atomic E-state index is 11.3. The molecule has 2 rings (SSSR count). The van der Waals surface area contributed by atoms with Crippen LogP contribution in [0.2, 0.25) is 0 Å². The number of hydrogen-bond acceptors (Lipinski definition) is 4. The molecule has 1 N–H and O–H groups in total. The molecule has 16 heavy (non-hydrogen) atoms. The Morgan fingerprint density at radius 1 is 1.56 bits per heavy atom. The largest absolute Gasteiger partial charge is 0.465 e. The first-order valence-electron chi connectivity index (χ1n) is 4.83. The molecule has 84 valence electrons. The number of ether oxygens (including phenoxy) is 1. The van der Waals surface area contributed by atoms with Crippen molar-refractivity contribution in [3.8, 4) is 0 Å². The van der Waals surface area contributed by atoms with E-state index in [-0.39, 0.29) is 6.73 Å². The number of carbonyl (C=O) groups excluding carboxylic acids is 1. The van der Waals surface area contributed by atoms with E-state index in [2.05, 4.69) is 9.84 Å². The van der Waals surface area contributed by atoms with E-state index in [4.69, 9.17) is 5.11 Å². The molecule has 1 heterocycles. The number of aromatic nitrogens is 2. The van der Waals surface area contributed by atoms with Gasteiger partial charge in [0, 0.05) is 5.39 Å². The monoisotopic (exact) mass is 220 g/mol. The summed E-state index contributed by atoms with van der Waals surface area (Å²) in [5.41, 5.74) is 1.99. The number of methoxy groups -OCH3 is 1. The summed E-state index contributed by atoms with van der Waals surface area (Å²) in [7, 11) is 1.33. The minimum Gasteiger partial charge on any atom is -0.465 e. The van der Waals surface area contributed by atoms with Gasteiger partial charge in [0.15, 0.2) is 0 Å². The van der Waals surface area contributed by atoms with Crippen molar-refractivity contribution in [3.05, 3.63) is 29.5 Å². The molecule has 5 heteroatoms. The van der Waals surface area contributed by atoms with Gasteiger partial charge in [-0.2, -0.15) is 5.10 Å². The first-order valence-corrected chi connectivity index (χ1v) is 4.83. The number of esters is 1. The smallest absolute Gasteiger partial charge is 0.337 e. The molecule has 0 fully saturated rings. The number of rotatable bonds is 2. The molecule has 0 saturated heterocycles. The standard InChI is InChI=1S/C11H12N2O3/c1-7-9-4-3-8(11(15)16-2)5-10(9)13(6-14)12-7/h3-5,14H,6H2,1-2H3. The molecule has 2 aromatic rings. The van der Waals surface area contributed by atoms with Gasteiger partial charge in [-0.3, -0.25) is 0 Å². The van der Waals surface area contributed by atoms with Gasteiger partial charge < -0.3 is 9.84 Å². The van der Waals surface area contributed by atoms with E-state index in [1.807, 2.05) is 6.92 Å². The van der Waals surface area contributed by atoms with Crippen molar-refractivity contribution in [2.24, 2.45) is 0 Å². The Kier molecular flexibility index (Phi) is 2.62. The molecule has 0 amide bonds. The van der Waals surface area contributed by atoms with E-state index in [0.717, 1.165) is 16.6 Å². The normalized spacial score (nSPS) is 10.7. The number of aliphatic hydroxyl groups is 1. The second-order valence-corrected chi connectivity index (χ2v) is 3.45. The number of nitrogens with zero attached hydrogens (tertiary/aromatic N) is 2. The molecule has 1 aromatic heterocycles. The van der Waals surface area contributed by atoms with Crippen molar-refractivity contribution in [2.45, 2.75) is 13.7 Å². The van der Waals surface area contributed by atoms with Crippen LogP contribution in [-0.4, -0.2) is 28.0 Å². The van der Waals surface area contributed by atoms with Gasteiger partial charge in [-0.25, -0.2) is 9.48 Å². The fraction of sp³-hybridized carbons (Fsp3) is 0.273. The fourth-order valence-electron chi connectivity index (χ4n) is 1.69. The summed E-state index contributed by atoms with van der Waals surface area (Å²) in [4.78, 5) is 11.3. The van der Waals surface area contributed by atoms with Gasteiger partial charge in [-0.05, 0) is 19.1 Å². The van der Waals surface area contributed by atoms with Gasteiger partial charge in [-0.1, -0.05) is 6.07 Å². The predicted octanol–water partition coefficient (Wildman–Crippen LogP) is 1.08. The third-order valence-corrected chi connectivity index (χ3v) is 2.49. The Hall–Kier alpha value is -1.88. The Morgan fingerprint density at radius 3 is 2.94 bits per heavy atom. The predicted molar refractivity (Wildman–Crippen MR) is 58.0 cm³/mol. The van der Waals surface area contributed by atoms with Crippen LogP contribution in [0.1, 0.15) is 16.1 Å². The van der Waals surface area contributed by atoms with Crippen molar-refractivity contribution < 1.29 is 14.6 Å². The zero-order valence-corrected chi connectivity index (χ0v) is 9.10. The SMILES string of the molecule is COC(=O)c1ccc2c(C)nn(CO)c2c1. The highest BCUT2D eigenvalue weighted by molar-refractivity contribution is 5.94. The minimum atomic E-state index is -0.398. The number of aryl methyl sites for hydroxylation is 1. The second kappa shape index (κ2) is 3.94. The van der Waals surface area contributed by atoms with Crippen LogP contribution in [0.4, 0.5) is 0 Å². The molecule has 0 radical (unpaired) electrons. The third kappa shape index (κ3) is 1.55. The lowest BCUT2D eigenvalue weighted by atomic mass is 10.1. The molecule has 0 unspecified atom stereocenters. The number of aliphatic hydroxyl groups excluding tert-OH is 1. The summed E-state index contributed by atoms with van der Waals surface area (Å²) in [6.45, 7) is 1.64. The zero-order chi connectivity index (χ0) is 11.7. The van der Waals surface area contributed by atoms with Gasteiger partial charge in [0.2, 0.25) is 0 Å². The second-order valence-electron chi connectivity index (χ2n) is 3.45. The molecule has 0 spiro atoms. The van der Waals surface area contributed by atoms with Crippen molar-refractivity contribution >= 4 is 16.9 Å². The van der Waals surface area contributed by atoms with E-state index in [0.29, 0.717) is 5.56 Å². The van der Waals surface area contributed by atoms with E-state index < -0.39 is 5.97 Å². The van der Waals surface area contributed by atoms with E-state index in [9.17, 15) is 4.79 Å². The lowest BCUT2D eigenvalue weighted by Crippen LogP contribution is -2.02. The van der Waals surface area contributed by atoms with Crippen LogP contribution >= 0.6 is 0 Å². The van der Waals surface area contributed by atoms with Crippen LogP contribution in [0.5, 0.6) is 0 Å². The van der Waals surface area contributed by atoms with Gasteiger partial charge in [0.05, 0.1) is 23.9 Å². The molecule has 0 aliphatic carbocycles. The Morgan fingerprint density at radius 2 is 2.31 bits per heavy atom. The van der Waals surface area contributed by atoms with Gasteiger partial charge in [0.1, 0.15) is 6.73 Å². The fourth-order valence-corrected chi connectivity index (χ4v) is 1.69. The maximum Gasteiger partial charge on any atom is 0.337 e. The molecule has 0 aliphatic rings. The molecular formula is C11H12N2O3. The van der Waals surface area contributed by atoms with E-state index in [1.54, 1.807) is 18.2 Å². The first-order chi connectivity index (χ1) is 7.67. The summed E-state index contributed by atoms with van der Waals surface area (Å²) < 4.78 is 6.08. The van der Waals surface area contributed by atoms with Crippen molar-refractivity contribution in [1.82, 2.24) is 9.78 Å². The molecule has 0 aliphatic heterocycles. The van der Waals surface area contributed by atoms with Gasteiger partial charge in [-0.15, -0.1) is 0 Å². The molecule has 0 atom stereocenters. The van der Waals surface area contributed by atoms with Crippen LogP contribution in [0.3, 0.4) is 0 Å². The van der Waals surface area contributed by atoms with Crippen LogP contribution < -0.4 is 0 Å². The number of fused-ring (bicyclic) bond motifs is 1. The number of hydrogen-bond donors (Lipinski definition) is 1. The lowest BCUT2D eigenvalue weighted by Gasteiger charge is -2.01. The van der Waals surface area contributed by atoms with Gasteiger partial charge >= 0.3 is 5.97 Å². The highest BCUT2D eigenvalue weighted by Gasteiger charge is 2.11. The molecule has 0 saturated carbocycles. The average molecular weight is 220 g/mol. The third-order valence-electron chi connectivity index (χ3n) is 2.49. The summed E-state index contributed by atoms with van der Waals surface area (Å²) in [5, 5.41) is 14.2. The van der Waals surface area contributed by atoms with Crippen LogP contribution in [0.25, 0.3) is 10.9 Å². The van der Waals surface area contributed by atoms with E-state index >= 15 is 0 Å². The zero-order valence-electron chi connectivity index (χ0n) is 9.10. The average Bonchev–Trinajstić information content (AvgIpc) is 2.64. The quantitative estimate of drug-likeness (QED) is 0.769. The summed E-state index contributed by atoms with van der Waals surface area (Å²) >= 11 is 0. The Labute approximate surface area is 92.2 Å². The lowest BCUT2D eigenvalue weighted by molar-refractivity contribution is 0.0601. The van der Waals surface area contributed by atoms with Crippen molar-refractivity contribution in [3.63, 3.8) is 0 Å². The number of carbonyl (C=O) groups is 1. The molecule has 0 bridgehead atoms. The summed E-state index contributed by atoms with van der Waals surface area (Å²) in [5.74, 6) is -0.398. The number of benzene rings is 1. The summed E-state index contributed by atoms with van der Waals surface area (Å²) in [6.07, 6.45) is 0. The Bertz CT molecular complexity index is 545. The molecular weight excluding hydrogens is 208 g/mol. The van der Waals surface area contributed by atoms with Gasteiger partial charge in [0.25, 0.3) is 0 Å². The van der Waals surface area contributed by atoms with Crippen LogP contribution in [0, 0.1) is 6.92 Å². The van der Waals surface area contributed by atoms with Crippen LogP contribution in [-0.2, 0) is 11.5 Å². The highest BCUT2D eigenvalue weighted by Crippen LogP contribution is 2.19. The topological polar surface area (TPSA) is 64.3 Å². The first kappa shape index (κ1) is 10.6. The molecule has 5 nitrogen and oxygen atoms in total. The van der Waals surface area contributed by atoms with Crippen molar-refractivity contribution in [2.75, 3.05) is 7.11 Å².